The van der Waals surface area contributed by atoms with Crippen LogP contribution in [-0.4, -0.2) is 48.6 Å². The second-order valence-corrected chi connectivity index (χ2v) is 5.14. The van der Waals surface area contributed by atoms with E-state index in [9.17, 15) is 14.9 Å². The minimum absolute atomic E-state index is 0. The van der Waals surface area contributed by atoms with E-state index in [1.165, 1.54) is 25.3 Å². The molecule has 0 spiro atoms. The average Bonchev–Trinajstić information content (AvgIpc) is 2.52. The summed E-state index contributed by atoms with van der Waals surface area (Å²) >= 11 is 0. The number of hydrogen-bond acceptors (Lipinski definition) is 4. The minimum Gasteiger partial charge on any atom is -1.00 e. The van der Waals surface area contributed by atoms with Crippen molar-refractivity contribution >= 4 is 17.3 Å². The molecule has 0 aliphatic carbocycles. The van der Waals surface area contributed by atoms with E-state index in [-0.39, 0.29) is 29.8 Å². The van der Waals surface area contributed by atoms with Crippen LogP contribution in [-0.2, 0) is 4.79 Å². The molecule has 0 atom stereocenters. The van der Waals surface area contributed by atoms with Gasteiger partial charge in [0.2, 0.25) is 0 Å². The molecule has 0 aliphatic heterocycles. The van der Waals surface area contributed by atoms with Gasteiger partial charge in [0.1, 0.15) is 5.75 Å². The SMILES string of the molecule is CC[N+](CC)(CC)CC(=O)Nc1ccc([N+](=O)[O-])cc1OC.[Cl-]. The monoisotopic (exact) mass is 345 g/mol. The average molecular weight is 346 g/mol. The number of amides is 1. The molecular formula is C15H24ClN3O4. The highest BCUT2D eigenvalue weighted by molar-refractivity contribution is 5.93. The van der Waals surface area contributed by atoms with Crippen LogP contribution in [0.4, 0.5) is 11.4 Å². The number of nitrogens with one attached hydrogen (secondary N) is 1. The molecule has 0 fully saturated rings. The van der Waals surface area contributed by atoms with Gasteiger partial charge in [-0.1, -0.05) is 0 Å². The van der Waals surface area contributed by atoms with Crippen molar-refractivity contribution in [2.75, 3.05) is 38.6 Å². The number of nitro groups is 1. The van der Waals surface area contributed by atoms with Crippen LogP contribution in [0.1, 0.15) is 20.8 Å². The number of non-ortho nitro benzene ring substituents is 1. The molecule has 1 aromatic rings. The highest BCUT2D eigenvalue weighted by atomic mass is 35.5. The maximum absolute atomic E-state index is 12.3. The van der Waals surface area contributed by atoms with Gasteiger partial charge in [-0.15, -0.1) is 0 Å². The Labute approximate surface area is 142 Å². The van der Waals surface area contributed by atoms with E-state index >= 15 is 0 Å². The lowest BCUT2D eigenvalue weighted by molar-refractivity contribution is -0.915. The summed E-state index contributed by atoms with van der Waals surface area (Å²) < 4.78 is 5.82. The first-order valence-electron chi connectivity index (χ1n) is 7.38. The maximum Gasteiger partial charge on any atom is 0.279 e. The zero-order valence-corrected chi connectivity index (χ0v) is 14.7. The van der Waals surface area contributed by atoms with Crippen LogP contribution in [0.15, 0.2) is 18.2 Å². The van der Waals surface area contributed by atoms with Gasteiger partial charge in [0, 0.05) is 6.07 Å². The van der Waals surface area contributed by atoms with Crippen LogP contribution >= 0.6 is 0 Å². The van der Waals surface area contributed by atoms with Crippen LogP contribution in [0.3, 0.4) is 0 Å². The summed E-state index contributed by atoms with van der Waals surface area (Å²) in [6.07, 6.45) is 0. The van der Waals surface area contributed by atoms with Gasteiger partial charge in [0.25, 0.3) is 11.6 Å². The number of ether oxygens (including phenoxy) is 1. The van der Waals surface area contributed by atoms with Crippen molar-refractivity contribution in [3.05, 3.63) is 28.3 Å². The summed E-state index contributed by atoms with van der Waals surface area (Å²) in [7, 11) is 1.42. The molecule has 0 unspecified atom stereocenters. The highest BCUT2D eigenvalue weighted by Crippen LogP contribution is 2.29. The number of rotatable bonds is 8. The Hall–Kier alpha value is -1.86. The van der Waals surface area contributed by atoms with Crippen molar-refractivity contribution in [3.63, 3.8) is 0 Å². The van der Waals surface area contributed by atoms with Gasteiger partial charge in [0.15, 0.2) is 6.54 Å². The first-order valence-corrected chi connectivity index (χ1v) is 7.38. The Balaban J connectivity index is 0.00000484. The number of methoxy groups -OCH3 is 1. The fourth-order valence-corrected chi connectivity index (χ4v) is 2.40. The zero-order chi connectivity index (χ0) is 16.8. The van der Waals surface area contributed by atoms with E-state index in [4.69, 9.17) is 4.74 Å². The van der Waals surface area contributed by atoms with Gasteiger partial charge >= 0.3 is 0 Å². The number of halogens is 1. The largest absolute Gasteiger partial charge is 1.00 e. The van der Waals surface area contributed by atoms with E-state index in [1.807, 2.05) is 0 Å². The van der Waals surface area contributed by atoms with Crippen LogP contribution in [0.25, 0.3) is 0 Å². The summed E-state index contributed by atoms with van der Waals surface area (Å²) in [5.41, 5.74) is 0.371. The first-order chi connectivity index (χ1) is 10.4. The van der Waals surface area contributed by atoms with Crippen molar-refractivity contribution < 1.29 is 31.3 Å². The van der Waals surface area contributed by atoms with E-state index in [0.717, 1.165) is 19.6 Å². The number of carbonyl (C=O) groups is 1. The van der Waals surface area contributed by atoms with Gasteiger partial charge < -0.3 is 26.9 Å². The second-order valence-electron chi connectivity index (χ2n) is 5.14. The maximum atomic E-state index is 12.3. The molecule has 0 heterocycles. The third-order valence-electron chi connectivity index (χ3n) is 4.16. The summed E-state index contributed by atoms with van der Waals surface area (Å²) in [5.74, 6) is 0.155. The third kappa shape index (κ3) is 5.37. The molecular weight excluding hydrogens is 322 g/mol. The zero-order valence-electron chi connectivity index (χ0n) is 14.0. The smallest absolute Gasteiger partial charge is 0.279 e. The van der Waals surface area contributed by atoms with E-state index in [2.05, 4.69) is 26.1 Å². The Kier molecular flexibility index (Phi) is 8.56. The summed E-state index contributed by atoms with van der Waals surface area (Å²) in [6.45, 7) is 9.17. The molecule has 0 radical (unpaired) electrons. The topological polar surface area (TPSA) is 81.5 Å². The number of anilines is 1. The van der Waals surface area contributed by atoms with E-state index in [0.29, 0.717) is 16.7 Å². The van der Waals surface area contributed by atoms with Crippen LogP contribution in [0.2, 0.25) is 0 Å². The van der Waals surface area contributed by atoms with Gasteiger partial charge in [-0.25, -0.2) is 0 Å². The Morgan fingerprint density at radius 3 is 2.26 bits per heavy atom. The normalized spacial score (nSPS) is 10.6. The molecule has 1 amide bonds. The molecule has 1 aromatic carbocycles. The summed E-state index contributed by atoms with van der Waals surface area (Å²) in [6, 6.07) is 4.14. The third-order valence-corrected chi connectivity index (χ3v) is 4.16. The van der Waals surface area contributed by atoms with Gasteiger partial charge in [0.05, 0.1) is 43.4 Å². The van der Waals surface area contributed by atoms with Crippen molar-refractivity contribution in [3.8, 4) is 5.75 Å². The van der Waals surface area contributed by atoms with Crippen LogP contribution < -0.4 is 22.5 Å². The summed E-state index contributed by atoms with van der Waals surface area (Å²) in [4.78, 5) is 22.5. The predicted molar refractivity (Wildman–Crippen MR) is 85.0 cm³/mol. The quantitative estimate of drug-likeness (QED) is 0.388. The summed E-state index contributed by atoms with van der Waals surface area (Å²) in [5, 5.41) is 13.6. The minimum atomic E-state index is -0.499. The molecule has 0 aromatic heterocycles. The second kappa shape index (κ2) is 9.32. The molecule has 23 heavy (non-hydrogen) atoms. The molecule has 7 nitrogen and oxygen atoms in total. The Bertz CT molecular complexity index is 539. The molecule has 8 heteroatoms. The lowest BCUT2D eigenvalue weighted by Gasteiger charge is -2.34. The highest BCUT2D eigenvalue weighted by Gasteiger charge is 2.25. The Morgan fingerprint density at radius 1 is 1.26 bits per heavy atom. The molecule has 1 N–H and O–H groups in total. The van der Waals surface area contributed by atoms with Crippen molar-refractivity contribution in [1.29, 1.82) is 0 Å². The van der Waals surface area contributed by atoms with Crippen LogP contribution in [0, 0.1) is 10.1 Å². The number of nitro benzene ring substituents is 1. The molecule has 0 aliphatic rings. The molecule has 1 rings (SSSR count). The number of quaternary nitrogens is 1. The van der Waals surface area contributed by atoms with E-state index < -0.39 is 4.92 Å². The number of likely N-dealkylation sites (N-methyl/N-ethyl adjacent to an activating group) is 1. The fraction of sp³-hybridized carbons (Fsp3) is 0.533. The molecule has 0 saturated carbocycles. The number of nitrogens with zero attached hydrogens (tertiary/aromatic N) is 2. The van der Waals surface area contributed by atoms with Crippen molar-refractivity contribution in [2.24, 2.45) is 0 Å². The Morgan fingerprint density at radius 2 is 1.83 bits per heavy atom. The molecule has 0 saturated heterocycles. The van der Waals surface area contributed by atoms with Gasteiger partial charge in [-0.3, -0.25) is 14.9 Å². The van der Waals surface area contributed by atoms with Crippen molar-refractivity contribution in [2.45, 2.75) is 20.8 Å². The van der Waals surface area contributed by atoms with Crippen LogP contribution in [0.5, 0.6) is 5.75 Å². The van der Waals surface area contributed by atoms with Gasteiger partial charge in [-0.2, -0.15) is 0 Å². The van der Waals surface area contributed by atoms with E-state index in [1.54, 1.807) is 0 Å². The van der Waals surface area contributed by atoms with Gasteiger partial charge in [-0.05, 0) is 26.8 Å². The lowest BCUT2D eigenvalue weighted by Crippen LogP contribution is -3.00. The molecule has 0 bridgehead atoms. The standard InChI is InChI=1S/C15H23N3O4.ClH/c1-5-18(6-2,7-3)11-15(19)16-13-9-8-12(17(20)21)10-14(13)22-4;/h8-10H,5-7,11H2,1-4H3;1H. The lowest BCUT2D eigenvalue weighted by atomic mass is 10.2. The first kappa shape index (κ1) is 21.1. The fourth-order valence-electron chi connectivity index (χ4n) is 2.40. The number of carbonyl (C=O) groups excluding carboxylic acids is 1. The molecule has 130 valence electrons. The number of benzene rings is 1. The van der Waals surface area contributed by atoms with Crippen molar-refractivity contribution in [1.82, 2.24) is 0 Å². The number of hydrogen-bond donors (Lipinski definition) is 1. The predicted octanol–water partition coefficient (Wildman–Crippen LogP) is -0.578.